The molecule has 1 aromatic carbocycles. The summed E-state index contributed by atoms with van der Waals surface area (Å²) in [6.45, 7) is 2.44. The zero-order valence-corrected chi connectivity index (χ0v) is 11.0. The van der Waals surface area contributed by atoms with Gasteiger partial charge in [0.05, 0.1) is 6.61 Å². The Kier molecular flexibility index (Phi) is 3.53. The van der Waals surface area contributed by atoms with E-state index in [2.05, 4.69) is 15.9 Å². The van der Waals surface area contributed by atoms with Crippen molar-refractivity contribution in [3.05, 3.63) is 29.6 Å². The van der Waals surface area contributed by atoms with Gasteiger partial charge >= 0.3 is 0 Å². The molecule has 1 fully saturated rings. The minimum absolute atomic E-state index is 0.195. The van der Waals surface area contributed by atoms with Gasteiger partial charge in [0.2, 0.25) is 0 Å². The lowest BCUT2D eigenvalue weighted by atomic mass is 9.71. The molecule has 0 atom stereocenters. The summed E-state index contributed by atoms with van der Waals surface area (Å²) < 4.78 is 19.0. The molecule has 1 saturated carbocycles. The Morgan fingerprint density at radius 1 is 1.44 bits per heavy atom. The van der Waals surface area contributed by atoms with E-state index in [1.165, 1.54) is 25.3 Å². The van der Waals surface area contributed by atoms with Crippen molar-refractivity contribution in [1.82, 2.24) is 0 Å². The van der Waals surface area contributed by atoms with Crippen LogP contribution in [0.15, 0.2) is 18.2 Å². The maximum Gasteiger partial charge on any atom is 0.129 e. The molecule has 0 unspecified atom stereocenters. The monoisotopic (exact) mass is 286 g/mol. The molecule has 1 aromatic rings. The molecule has 0 aromatic heterocycles. The Labute approximate surface area is 104 Å². The van der Waals surface area contributed by atoms with E-state index in [9.17, 15) is 4.39 Å². The Bertz CT molecular complexity index is 369. The highest BCUT2D eigenvalue weighted by atomic mass is 79.9. The number of benzene rings is 1. The highest BCUT2D eigenvalue weighted by molar-refractivity contribution is 9.09. The predicted molar refractivity (Wildman–Crippen MR) is 66.7 cm³/mol. The van der Waals surface area contributed by atoms with Gasteiger partial charge in [0.15, 0.2) is 0 Å². The fourth-order valence-corrected chi connectivity index (χ4v) is 2.62. The molecule has 0 radical (unpaired) electrons. The van der Waals surface area contributed by atoms with Crippen LogP contribution in [0, 0.1) is 18.2 Å². The van der Waals surface area contributed by atoms with Crippen molar-refractivity contribution in [3.63, 3.8) is 0 Å². The second-order valence-corrected chi connectivity index (χ2v) is 5.25. The number of halogens is 2. The van der Waals surface area contributed by atoms with Gasteiger partial charge < -0.3 is 4.74 Å². The Balaban J connectivity index is 1.96. The normalized spacial score (nSPS) is 17.9. The van der Waals surface area contributed by atoms with Crippen molar-refractivity contribution in [2.45, 2.75) is 26.2 Å². The zero-order chi connectivity index (χ0) is 11.6. The van der Waals surface area contributed by atoms with Gasteiger partial charge in [-0.1, -0.05) is 28.4 Å². The summed E-state index contributed by atoms with van der Waals surface area (Å²) in [7, 11) is 0. The fraction of sp³-hybridized carbons (Fsp3) is 0.538. The molecule has 0 heterocycles. The summed E-state index contributed by atoms with van der Waals surface area (Å²) in [6.07, 6.45) is 3.68. The summed E-state index contributed by atoms with van der Waals surface area (Å²) in [5.41, 5.74) is 0.938. The molecule has 1 aliphatic carbocycles. The summed E-state index contributed by atoms with van der Waals surface area (Å²) in [5, 5.41) is 0.967. The van der Waals surface area contributed by atoms with Gasteiger partial charge in [-0.3, -0.25) is 0 Å². The van der Waals surface area contributed by atoms with Crippen LogP contribution in [0.4, 0.5) is 4.39 Å². The highest BCUT2D eigenvalue weighted by Gasteiger charge is 2.36. The topological polar surface area (TPSA) is 9.23 Å². The molecule has 0 spiro atoms. The minimum atomic E-state index is -0.195. The first-order chi connectivity index (χ1) is 7.65. The molecule has 0 bridgehead atoms. The van der Waals surface area contributed by atoms with Gasteiger partial charge in [-0.25, -0.2) is 4.39 Å². The van der Waals surface area contributed by atoms with Crippen LogP contribution in [0.1, 0.15) is 24.8 Å². The second kappa shape index (κ2) is 4.74. The summed E-state index contributed by atoms with van der Waals surface area (Å²) in [6, 6.07) is 5.06. The first-order valence-electron chi connectivity index (χ1n) is 5.60. The average Bonchev–Trinajstić information content (AvgIpc) is 2.22. The maximum absolute atomic E-state index is 13.3. The van der Waals surface area contributed by atoms with Crippen molar-refractivity contribution in [3.8, 4) is 5.75 Å². The first kappa shape index (κ1) is 11.9. The van der Waals surface area contributed by atoms with Crippen LogP contribution in [0.3, 0.4) is 0 Å². The summed E-state index contributed by atoms with van der Waals surface area (Å²) in [5.74, 6) is 0.439. The smallest absolute Gasteiger partial charge is 0.129 e. The zero-order valence-electron chi connectivity index (χ0n) is 9.43. The third-order valence-corrected chi connectivity index (χ3v) is 4.58. The van der Waals surface area contributed by atoms with E-state index < -0.39 is 0 Å². The molecule has 2 rings (SSSR count). The lowest BCUT2D eigenvalue weighted by Crippen LogP contribution is -2.37. The molecule has 3 heteroatoms. The number of alkyl halides is 1. The summed E-state index contributed by atoms with van der Waals surface area (Å²) >= 11 is 3.53. The number of hydrogen-bond acceptors (Lipinski definition) is 1. The van der Waals surface area contributed by atoms with Crippen LogP contribution in [0.25, 0.3) is 0 Å². The molecule has 1 aliphatic rings. The Morgan fingerprint density at radius 3 is 2.69 bits per heavy atom. The largest absolute Gasteiger partial charge is 0.493 e. The first-order valence-corrected chi connectivity index (χ1v) is 6.72. The van der Waals surface area contributed by atoms with E-state index >= 15 is 0 Å². The van der Waals surface area contributed by atoms with E-state index in [1.54, 1.807) is 13.0 Å². The second-order valence-electron chi connectivity index (χ2n) is 4.69. The van der Waals surface area contributed by atoms with Crippen molar-refractivity contribution in [1.29, 1.82) is 0 Å². The van der Waals surface area contributed by atoms with E-state index in [0.717, 1.165) is 5.33 Å². The number of aryl methyl sites for hydroxylation is 1. The molecule has 0 amide bonds. The standard InChI is InChI=1S/C13H16BrFO/c1-10-3-4-11(7-12(10)15)16-9-13(8-14)5-2-6-13/h3-4,7H,2,5-6,8-9H2,1H3. The Hall–Kier alpha value is -0.570. The highest BCUT2D eigenvalue weighted by Crippen LogP contribution is 2.42. The quantitative estimate of drug-likeness (QED) is 0.758. The van der Waals surface area contributed by atoms with Crippen molar-refractivity contribution in [2.24, 2.45) is 5.41 Å². The molecule has 0 N–H and O–H groups in total. The molecular formula is C13H16BrFO. The van der Waals surface area contributed by atoms with Crippen LogP contribution >= 0.6 is 15.9 Å². The molecule has 0 aliphatic heterocycles. The number of ether oxygens (including phenoxy) is 1. The van der Waals surface area contributed by atoms with E-state index in [-0.39, 0.29) is 11.2 Å². The molecular weight excluding hydrogens is 271 g/mol. The lowest BCUT2D eigenvalue weighted by Gasteiger charge is -2.39. The molecule has 0 saturated heterocycles. The number of rotatable bonds is 4. The van der Waals surface area contributed by atoms with Gasteiger partial charge in [-0.15, -0.1) is 0 Å². The SMILES string of the molecule is Cc1ccc(OCC2(CBr)CCC2)cc1F. The molecule has 16 heavy (non-hydrogen) atoms. The third-order valence-electron chi connectivity index (χ3n) is 3.39. The summed E-state index contributed by atoms with van der Waals surface area (Å²) in [4.78, 5) is 0. The molecule has 1 nitrogen and oxygen atoms in total. The number of hydrogen-bond donors (Lipinski definition) is 0. The van der Waals surface area contributed by atoms with Crippen LogP contribution in [-0.4, -0.2) is 11.9 Å². The van der Waals surface area contributed by atoms with Gasteiger partial charge in [0.1, 0.15) is 11.6 Å². The minimum Gasteiger partial charge on any atom is -0.493 e. The van der Waals surface area contributed by atoms with E-state index in [1.807, 2.05) is 6.07 Å². The van der Waals surface area contributed by atoms with Crippen molar-refractivity contribution in [2.75, 3.05) is 11.9 Å². The van der Waals surface area contributed by atoms with E-state index in [4.69, 9.17) is 4.74 Å². The van der Waals surface area contributed by atoms with Crippen molar-refractivity contribution >= 4 is 15.9 Å². The fourth-order valence-electron chi connectivity index (χ4n) is 1.89. The Morgan fingerprint density at radius 2 is 2.19 bits per heavy atom. The van der Waals surface area contributed by atoms with Crippen LogP contribution in [-0.2, 0) is 0 Å². The molecule has 88 valence electrons. The van der Waals surface area contributed by atoms with Crippen LogP contribution in [0.2, 0.25) is 0 Å². The van der Waals surface area contributed by atoms with E-state index in [0.29, 0.717) is 17.9 Å². The average molecular weight is 287 g/mol. The third kappa shape index (κ3) is 2.40. The maximum atomic E-state index is 13.3. The van der Waals surface area contributed by atoms with Crippen LogP contribution in [0.5, 0.6) is 5.75 Å². The van der Waals surface area contributed by atoms with Crippen molar-refractivity contribution < 1.29 is 9.13 Å². The predicted octanol–water partition coefficient (Wildman–Crippen LogP) is 4.08. The lowest BCUT2D eigenvalue weighted by molar-refractivity contribution is 0.0836. The van der Waals surface area contributed by atoms with Crippen LogP contribution < -0.4 is 4.74 Å². The van der Waals surface area contributed by atoms with Gasteiger partial charge in [0.25, 0.3) is 0 Å². The van der Waals surface area contributed by atoms with Gasteiger partial charge in [-0.2, -0.15) is 0 Å². The van der Waals surface area contributed by atoms with Gasteiger partial charge in [-0.05, 0) is 31.4 Å². The van der Waals surface area contributed by atoms with Gasteiger partial charge in [0, 0.05) is 16.8 Å².